The van der Waals surface area contributed by atoms with Crippen LogP contribution in [0.1, 0.15) is 36.1 Å². The molecule has 0 radical (unpaired) electrons. The molecule has 0 saturated heterocycles. The Morgan fingerprint density at radius 3 is 1.84 bits per heavy atom. The van der Waals surface area contributed by atoms with Crippen LogP contribution < -0.4 is 4.74 Å². The highest BCUT2D eigenvalue weighted by atomic mass is 16.5. The molecule has 3 aromatic carbocycles. The Hall–Kier alpha value is -3.52. The second-order valence-corrected chi connectivity index (χ2v) is 8.99. The molecule has 2 heterocycles. The number of aryl methyl sites for hydroxylation is 2. The molecule has 1 N–H and O–H groups in total. The van der Waals surface area contributed by atoms with E-state index in [4.69, 9.17) is 4.74 Å². The van der Waals surface area contributed by atoms with Gasteiger partial charge in [0.05, 0.1) is 0 Å². The summed E-state index contributed by atoms with van der Waals surface area (Å²) in [6, 6.07) is 28.1. The Kier molecular flexibility index (Phi) is 4.59. The number of aromatic amines is 1. The minimum atomic E-state index is -0.347. The van der Waals surface area contributed by atoms with Crippen molar-refractivity contribution in [1.29, 1.82) is 0 Å². The third-order valence-corrected chi connectivity index (χ3v) is 5.86. The highest BCUT2D eigenvalue weighted by Crippen LogP contribution is 2.41. The van der Waals surface area contributed by atoms with Gasteiger partial charge in [0.15, 0.2) is 0 Å². The van der Waals surface area contributed by atoms with Crippen molar-refractivity contribution < 1.29 is 4.74 Å². The van der Waals surface area contributed by atoms with Crippen LogP contribution in [-0.2, 0) is 0 Å². The van der Waals surface area contributed by atoms with Crippen molar-refractivity contribution in [1.82, 2.24) is 4.98 Å². The summed E-state index contributed by atoms with van der Waals surface area (Å²) in [7, 11) is 0. The van der Waals surface area contributed by atoms with E-state index in [1.54, 1.807) is 0 Å². The van der Waals surface area contributed by atoms with Crippen molar-refractivity contribution in [3.05, 3.63) is 107 Å². The average Bonchev–Trinajstić information content (AvgIpc) is 3.24. The van der Waals surface area contributed by atoms with E-state index in [9.17, 15) is 0 Å². The number of rotatable bonds is 3. The van der Waals surface area contributed by atoms with Gasteiger partial charge in [-0.2, -0.15) is 0 Å². The van der Waals surface area contributed by atoms with Crippen LogP contribution in [-0.4, -0.2) is 10.6 Å². The zero-order valence-corrected chi connectivity index (χ0v) is 18.5. The molecular formula is C29H27NO. The zero-order valence-electron chi connectivity index (χ0n) is 18.5. The summed E-state index contributed by atoms with van der Waals surface area (Å²) in [6.07, 6.45) is 2.23. The normalized spacial score (nSPS) is 14.5. The van der Waals surface area contributed by atoms with Crippen molar-refractivity contribution in [2.75, 3.05) is 0 Å². The van der Waals surface area contributed by atoms with E-state index in [0.29, 0.717) is 0 Å². The lowest BCUT2D eigenvalue weighted by Crippen LogP contribution is -2.29. The quantitative estimate of drug-likeness (QED) is 0.373. The molecule has 0 atom stereocenters. The van der Waals surface area contributed by atoms with Crippen LogP contribution in [0.4, 0.5) is 0 Å². The Labute approximate surface area is 184 Å². The molecule has 2 nitrogen and oxygen atoms in total. The van der Waals surface area contributed by atoms with Crippen LogP contribution >= 0.6 is 0 Å². The van der Waals surface area contributed by atoms with Crippen molar-refractivity contribution >= 4 is 5.57 Å². The number of H-pyrrole nitrogens is 1. The number of ether oxygens (including phenoxy) is 1. The Bertz CT molecular complexity index is 1270. The van der Waals surface area contributed by atoms with E-state index in [0.717, 1.165) is 28.3 Å². The summed E-state index contributed by atoms with van der Waals surface area (Å²) in [4.78, 5) is 3.59. The molecular weight excluding hydrogens is 378 g/mol. The summed E-state index contributed by atoms with van der Waals surface area (Å²) in [5, 5.41) is 0. The lowest BCUT2D eigenvalue weighted by Gasteiger charge is -2.31. The molecule has 0 aliphatic carbocycles. The van der Waals surface area contributed by atoms with Crippen LogP contribution in [0, 0.1) is 13.8 Å². The molecule has 0 unspecified atom stereocenters. The molecule has 4 aromatic rings. The first-order valence-electron chi connectivity index (χ1n) is 10.8. The molecule has 0 spiro atoms. The zero-order chi connectivity index (χ0) is 21.6. The number of nitrogens with one attached hydrogen (secondary N) is 1. The Morgan fingerprint density at radius 1 is 0.645 bits per heavy atom. The van der Waals surface area contributed by atoms with Crippen molar-refractivity contribution in [2.45, 2.75) is 33.3 Å². The molecule has 0 saturated carbocycles. The molecule has 31 heavy (non-hydrogen) atoms. The minimum Gasteiger partial charge on any atom is -0.483 e. The van der Waals surface area contributed by atoms with Gasteiger partial charge < -0.3 is 9.72 Å². The van der Waals surface area contributed by atoms with Crippen molar-refractivity contribution in [3.63, 3.8) is 0 Å². The lowest BCUT2D eigenvalue weighted by atomic mass is 9.88. The van der Waals surface area contributed by atoms with Crippen molar-refractivity contribution in [3.8, 4) is 28.3 Å². The summed E-state index contributed by atoms with van der Waals surface area (Å²) in [6.45, 7) is 8.45. The predicted octanol–water partition coefficient (Wildman–Crippen LogP) is 7.57. The van der Waals surface area contributed by atoms with Gasteiger partial charge in [-0.05, 0) is 86.4 Å². The first-order chi connectivity index (χ1) is 14.9. The maximum Gasteiger partial charge on any atom is 0.128 e. The SMILES string of the molecule is Cc1ccc(C2=CC(C)(C)Oc3ccc(-c4ccc(-c5ccc(C)cc5)[nH]4)cc32)cc1. The average molecular weight is 406 g/mol. The standard InChI is InChI=1S/C29H27NO/c1-19-5-9-21(10-6-19)25-18-29(3,4)31-28-16-13-23(17-24(25)28)27-15-14-26(30-27)22-11-7-20(2)8-12-22/h5-18,30H,1-4H3. The molecule has 0 fully saturated rings. The molecule has 1 aliphatic rings. The van der Waals surface area contributed by atoms with Gasteiger partial charge in [-0.1, -0.05) is 59.7 Å². The van der Waals surface area contributed by atoms with E-state index in [-0.39, 0.29) is 5.60 Å². The fraction of sp³-hybridized carbons (Fsp3) is 0.172. The van der Waals surface area contributed by atoms with Gasteiger partial charge >= 0.3 is 0 Å². The van der Waals surface area contributed by atoms with E-state index >= 15 is 0 Å². The minimum absolute atomic E-state index is 0.347. The molecule has 2 heteroatoms. The lowest BCUT2D eigenvalue weighted by molar-refractivity contribution is 0.158. The summed E-state index contributed by atoms with van der Waals surface area (Å²) in [5.74, 6) is 0.928. The van der Waals surface area contributed by atoms with Gasteiger partial charge in [-0.15, -0.1) is 0 Å². The maximum atomic E-state index is 6.28. The van der Waals surface area contributed by atoms with Gasteiger partial charge in [0, 0.05) is 17.0 Å². The largest absolute Gasteiger partial charge is 0.483 e. The van der Waals surface area contributed by atoms with E-state index in [1.165, 1.54) is 27.8 Å². The van der Waals surface area contributed by atoms with Gasteiger partial charge in [-0.3, -0.25) is 0 Å². The van der Waals surface area contributed by atoms with Gasteiger partial charge in [0.1, 0.15) is 11.4 Å². The fourth-order valence-corrected chi connectivity index (χ4v) is 4.17. The van der Waals surface area contributed by atoms with Crippen LogP contribution in [0.15, 0.2) is 84.9 Å². The molecule has 1 aliphatic heterocycles. The van der Waals surface area contributed by atoms with Crippen LogP contribution in [0.3, 0.4) is 0 Å². The second kappa shape index (κ2) is 7.31. The summed E-state index contributed by atoms with van der Waals surface area (Å²) >= 11 is 0. The highest BCUT2D eigenvalue weighted by Gasteiger charge is 2.27. The molecule has 5 rings (SSSR count). The van der Waals surface area contributed by atoms with Crippen LogP contribution in [0.2, 0.25) is 0 Å². The van der Waals surface area contributed by atoms with Crippen LogP contribution in [0.5, 0.6) is 5.75 Å². The number of hydrogen-bond acceptors (Lipinski definition) is 1. The number of hydrogen-bond donors (Lipinski definition) is 1. The number of fused-ring (bicyclic) bond motifs is 1. The smallest absolute Gasteiger partial charge is 0.128 e. The molecule has 0 bridgehead atoms. The first-order valence-corrected chi connectivity index (χ1v) is 10.8. The summed E-state index contributed by atoms with van der Waals surface area (Å²) < 4.78 is 6.28. The molecule has 154 valence electrons. The van der Waals surface area contributed by atoms with Gasteiger partial charge in [-0.25, -0.2) is 0 Å². The van der Waals surface area contributed by atoms with Crippen molar-refractivity contribution in [2.24, 2.45) is 0 Å². The fourth-order valence-electron chi connectivity index (χ4n) is 4.17. The molecule has 1 aromatic heterocycles. The monoisotopic (exact) mass is 405 g/mol. The Balaban J connectivity index is 1.56. The third kappa shape index (κ3) is 3.82. The molecule has 0 amide bonds. The third-order valence-electron chi connectivity index (χ3n) is 5.86. The van der Waals surface area contributed by atoms with Gasteiger partial charge in [0.25, 0.3) is 0 Å². The van der Waals surface area contributed by atoms with E-state index < -0.39 is 0 Å². The van der Waals surface area contributed by atoms with E-state index in [1.807, 2.05) is 0 Å². The predicted molar refractivity (Wildman–Crippen MR) is 129 cm³/mol. The Morgan fingerprint density at radius 2 is 1.19 bits per heavy atom. The second-order valence-electron chi connectivity index (χ2n) is 8.99. The maximum absolute atomic E-state index is 6.28. The van der Waals surface area contributed by atoms with Crippen LogP contribution in [0.25, 0.3) is 28.1 Å². The first kappa shape index (κ1) is 19.4. The number of aromatic nitrogens is 1. The van der Waals surface area contributed by atoms with Gasteiger partial charge in [0.2, 0.25) is 0 Å². The highest BCUT2D eigenvalue weighted by molar-refractivity contribution is 5.87. The number of benzene rings is 3. The van der Waals surface area contributed by atoms with E-state index in [2.05, 4.69) is 118 Å². The summed E-state index contributed by atoms with van der Waals surface area (Å²) in [5.41, 5.74) is 10.3. The topological polar surface area (TPSA) is 25.0 Å².